The number of aliphatic hydroxyl groups is 2. The van der Waals surface area contributed by atoms with Gasteiger partial charge in [0.15, 0.2) is 0 Å². The minimum Gasteiger partial charge on any atom is -0.394 e. The maximum atomic E-state index is 8.61. The number of nitrogens with zero attached hydrogens (tertiary/aromatic N) is 1. The molecular weight excluding hydrogens is 238 g/mol. The molecule has 0 spiro atoms. The molecule has 0 unspecified atom stereocenters. The molecule has 0 amide bonds. The van der Waals surface area contributed by atoms with Gasteiger partial charge in [-0.2, -0.15) is 0 Å². The van der Waals surface area contributed by atoms with Crippen molar-refractivity contribution in [3.63, 3.8) is 0 Å². The van der Waals surface area contributed by atoms with Gasteiger partial charge >= 0.3 is 0 Å². The van der Waals surface area contributed by atoms with E-state index >= 15 is 0 Å². The Morgan fingerprint density at radius 1 is 0.778 bits per heavy atom. The summed E-state index contributed by atoms with van der Waals surface area (Å²) in [5.74, 6) is 0. The second kappa shape index (κ2) is 14.8. The van der Waals surface area contributed by atoms with Crippen LogP contribution in [0.5, 0.6) is 0 Å². The standard InChI is InChI=1S/C12H27NO5/c1-16-8-2-3-13(4-9-17-11-6-14)5-10-18-12-7-15/h14-15H,2-12H2,1H3. The fourth-order valence-corrected chi connectivity index (χ4v) is 1.49. The molecule has 0 saturated heterocycles. The average molecular weight is 265 g/mol. The van der Waals surface area contributed by atoms with Crippen molar-refractivity contribution in [3.05, 3.63) is 0 Å². The van der Waals surface area contributed by atoms with E-state index in [9.17, 15) is 0 Å². The van der Waals surface area contributed by atoms with E-state index in [2.05, 4.69) is 4.90 Å². The monoisotopic (exact) mass is 265 g/mol. The highest BCUT2D eigenvalue weighted by Crippen LogP contribution is 1.93. The number of rotatable bonds is 14. The number of aliphatic hydroxyl groups excluding tert-OH is 2. The van der Waals surface area contributed by atoms with E-state index in [-0.39, 0.29) is 13.2 Å². The first-order valence-electron chi connectivity index (χ1n) is 6.43. The molecule has 6 heteroatoms. The van der Waals surface area contributed by atoms with E-state index < -0.39 is 0 Å². The summed E-state index contributed by atoms with van der Waals surface area (Å²) in [6.45, 7) is 5.39. The number of hydrogen-bond acceptors (Lipinski definition) is 6. The van der Waals surface area contributed by atoms with Gasteiger partial charge in [-0.25, -0.2) is 0 Å². The summed E-state index contributed by atoms with van der Waals surface area (Å²) in [5.41, 5.74) is 0. The first-order valence-corrected chi connectivity index (χ1v) is 6.43. The highest BCUT2D eigenvalue weighted by molar-refractivity contribution is 4.57. The summed E-state index contributed by atoms with van der Waals surface area (Å²) in [5, 5.41) is 17.2. The topological polar surface area (TPSA) is 71.4 Å². The number of hydrogen-bond donors (Lipinski definition) is 2. The van der Waals surface area contributed by atoms with Gasteiger partial charge < -0.3 is 24.4 Å². The van der Waals surface area contributed by atoms with Gasteiger partial charge in [0.05, 0.1) is 39.6 Å². The van der Waals surface area contributed by atoms with E-state index in [1.807, 2.05) is 0 Å². The maximum Gasteiger partial charge on any atom is 0.0698 e. The number of ether oxygens (including phenoxy) is 3. The van der Waals surface area contributed by atoms with E-state index in [1.165, 1.54) is 0 Å². The van der Waals surface area contributed by atoms with Crippen LogP contribution in [0, 0.1) is 0 Å². The van der Waals surface area contributed by atoms with Gasteiger partial charge in [0.25, 0.3) is 0 Å². The van der Waals surface area contributed by atoms with Crippen molar-refractivity contribution >= 4 is 0 Å². The maximum absolute atomic E-state index is 8.61. The van der Waals surface area contributed by atoms with Crippen LogP contribution < -0.4 is 0 Å². The Bertz CT molecular complexity index is 147. The Balaban J connectivity index is 3.62. The predicted octanol–water partition coefficient (Wildman–Crippen LogP) is -0.657. The molecule has 0 aromatic rings. The molecule has 0 heterocycles. The molecule has 0 atom stereocenters. The zero-order chi connectivity index (χ0) is 13.5. The van der Waals surface area contributed by atoms with Gasteiger partial charge in [0.2, 0.25) is 0 Å². The molecule has 6 nitrogen and oxygen atoms in total. The Hall–Kier alpha value is -0.240. The lowest BCUT2D eigenvalue weighted by Gasteiger charge is -2.21. The SMILES string of the molecule is COCCCN(CCOCCO)CCOCCO. The van der Waals surface area contributed by atoms with Crippen LogP contribution in [0.4, 0.5) is 0 Å². The smallest absolute Gasteiger partial charge is 0.0698 e. The van der Waals surface area contributed by atoms with Crippen molar-refractivity contribution < 1.29 is 24.4 Å². The van der Waals surface area contributed by atoms with Gasteiger partial charge in [0, 0.05) is 33.4 Å². The van der Waals surface area contributed by atoms with Crippen molar-refractivity contribution in [2.75, 3.05) is 73.0 Å². The Labute approximate surface area is 109 Å². The molecule has 0 aliphatic rings. The molecule has 0 saturated carbocycles. The van der Waals surface area contributed by atoms with E-state index in [1.54, 1.807) is 7.11 Å². The van der Waals surface area contributed by atoms with Crippen LogP contribution >= 0.6 is 0 Å². The van der Waals surface area contributed by atoms with Gasteiger partial charge in [-0.15, -0.1) is 0 Å². The summed E-state index contributed by atoms with van der Waals surface area (Å²) >= 11 is 0. The lowest BCUT2D eigenvalue weighted by Crippen LogP contribution is -2.33. The third-order valence-electron chi connectivity index (χ3n) is 2.40. The summed E-state index contributed by atoms with van der Waals surface area (Å²) in [6.07, 6.45) is 0.969. The van der Waals surface area contributed by atoms with Gasteiger partial charge in [0.1, 0.15) is 0 Å². The summed E-state index contributed by atoms with van der Waals surface area (Å²) in [6, 6.07) is 0. The zero-order valence-electron chi connectivity index (χ0n) is 11.3. The Morgan fingerprint density at radius 3 is 1.78 bits per heavy atom. The van der Waals surface area contributed by atoms with Crippen LogP contribution in [-0.4, -0.2) is 88.1 Å². The molecule has 18 heavy (non-hydrogen) atoms. The largest absolute Gasteiger partial charge is 0.394 e. The summed E-state index contributed by atoms with van der Waals surface area (Å²) in [4.78, 5) is 2.23. The molecule has 0 aromatic carbocycles. The van der Waals surface area contributed by atoms with Gasteiger partial charge in [-0.05, 0) is 6.42 Å². The van der Waals surface area contributed by atoms with E-state index in [4.69, 9.17) is 24.4 Å². The first kappa shape index (κ1) is 17.8. The third-order valence-corrected chi connectivity index (χ3v) is 2.40. The molecule has 0 fully saturated rings. The fraction of sp³-hybridized carbons (Fsp3) is 1.00. The average Bonchev–Trinajstić information content (AvgIpc) is 2.39. The van der Waals surface area contributed by atoms with Crippen molar-refractivity contribution in [1.82, 2.24) is 4.90 Å². The predicted molar refractivity (Wildman–Crippen MR) is 68.7 cm³/mol. The Morgan fingerprint density at radius 2 is 1.33 bits per heavy atom. The second-order valence-electron chi connectivity index (χ2n) is 3.86. The molecule has 0 radical (unpaired) electrons. The molecule has 0 rings (SSSR count). The van der Waals surface area contributed by atoms with Crippen LogP contribution in [-0.2, 0) is 14.2 Å². The third kappa shape index (κ3) is 12.2. The Kier molecular flexibility index (Phi) is 14.6. The molecule has 110 valence electrons. The summed E-state index contributed by atoms with van der Waals surface area (Å²) < 4.78 is 15.5. The lowest BCUT2D eigenvalue weighted by atomic mass is 10.4. The van der Waals surface area contributed by atoms with E-state index in [0.717, 1.165) is 32.7 Å². The van der Waals surface area contributed by atoms with Crippen molar-refractivity contribution in [3.8, 4) is 0 Å². The van der Waals surface area contributed by atoms with E-state index in [0.29, 0.717) is 26.4 Å². The molecule has 2 N–H and O–H groups in total. The van der Waals surface area contributed by atoms with Crippen LogP contribution in [0.15, 0.2) is 0 Å². The molecule has 0 aromatic heterocycles. The lowest BCUT2D eigenvalue weighted by molar-refractivity contribution is 0.0482. The summed E-state index contributed by atoms with van der Waals surface area (Å²) in [7, 11) is 1.69. The quantitative estimate of drug-likeness (QED) is 0.406. The minimum atomic E-state index is 0.0588. The highest BCUT2D eigenvalue weighted by atomic mass is 16.5. The van der Waals surface area contributed by atoms with Crippen molar-refractivity contribution in [2.24, 2.45) is 0 Å². The molecule has 0 aliphatic heterocycles. The fourth-order valence-electron chi connectivity index (χ4n) is 1.49. The van der Waals surface area contributed by atoms with Crippen LogP contribution in [0.3, 0.4) is 0 Å². The van der Waals surface area contributed by atoms with Crippen LogP contribution in [0.2, 0.25) is 0 Å². The van der Waals surface area contributed by atoms with Crippen LogP contribution in [0.25, 0.3) is 0 Å². The molecule has 0 aliphatic carbocycles. The van der Waals surface area contributed by atoms with Crippen molar-refractivity contribution in [2.45, 2.75) is 6.42 Å². The molecule has 0 bridgehead atoms. The first-order chi connectivity index (χ1) is 8.85. The zero-order valence-corrected chi connectivity index (χ0v) is 11.3. The van der Waals surface area contributed by atoms with Crippen molar-refractivity contribution in [1.29, 1.82) is 0 Å². The van der Waals surface area contributed by atoms with Gasteiger partial charge in [-0.3, -0.25) is 4.90 Å². The highest BCUT2D eigenvalue weighted by Gasteiger charge is 2.04. The van der Waals surface area contributed by atoms with Crippen LogP contribution in [0.1, 0.15) is 6.42 Å². The van der Waals surface area contributed by atoms with Gasteiger partial charge in [-0.1, -0.05) is 0 Å². The minimum absolute atomic E-state index is 0.0588. The normalized spacial score (nSPS) is 11.3. The molecular formula is C12H27NO5. The number of methoxy groups -OCH3 is 1. The second-order valence-corrected chi connectivity index (χ2v) is 3.86.